The first-order valence-electron chi connectivity index (χ1n) is 10.3. The van der Waals surface area contributed by atoms with Crippen molar-refractivity contribution in [1.29, 1.82) is 0 Å². The molecule has 30 heavy (non-hydrogen) atoms. The number of fused-ring (bicyclic) bond motifs is 1. The molecule has 0 bridgehead atoms. The fraction of sp³-hybridized carbons (Fsp3) is 0.304. The van der Waals surface area contributed by atoms with Crippen LogP contribution in [0, 0.1) is 6.92 Å². The highest BCUT2D eigenvalue weighted by Crippen LogP contribution is 2.32. The number of nitrogens with one attached hydrogen (secondary N) is 2. The number of benzene rings is 1. The average Bonchev–Trinajstić information content (AvgIpc) is 3.38. The molecule has 1 aliphatic heterocycles. The first-order chi connectivity index (χ1) is 14.7. The molecular formula is C23H26N6O. The molecule has 1 saturated heterocycles. The molecule has 1 fully saturated rings. The summed E-state index contributed by atoms with van der Waals surface area (Å²) < 4.78 is 7.24. The van der Waals surface area contributed by atoms with E-state index in [4.69, 9.17) is 9.72 Å². The number of hydrogen-bond acceptors (Lipinski definition) is 5. The van der Waals surface area contributed by atoms with Gasteiger partial charge in [0.1, 0.15) is 11.5 Å². The predicted molar refractivity (Wildman–Crippen MR) is 119 cm³/mol. The molecule has 1 aromatic carbocycles. The van der Waals surface area contributed by atoms with Crippen LogP contribution < -0.4 is 5.32 Å². The first kappa shape index (κ1) is 18.8. The molecule has 0 atom stereocenters. The highest BCUT2D eigenvalue weighted by molar-refractivity contribution is 5.95. The summed E-state index contributed by atoms with van der Waals surface area (Å²) in [6, 6.07) is 12.9. The zero-order chi connectivity index (χ0) is 20.5. The minimum atomic E-state index is 0.772. The van der Waals surface area contributed by atoms with Crippen molar-refractivity contribution in [2.75, 3.05) is 31.6 Å². The fourth-order valence-corrected chi connectivity index (χ4v) is 3.99. The second-order valence-electron chi connectivity index (χ2n) is 7.82. The molecule has 7 heteroatoms. The Morgan fingerprint density at radius 2 is 1.97 bits per heavy atom. The van der Waals surface area contributed by atoms with Gasteiger partial charge in [0.15, 0.2) is 5.82 Å². The summed E-state index contributed by atoms with van der Waals surface area (Å²) in [6.07, 6.45) is 3.85. The van der Waals surface area contributed by atoms with Crippen molar-refractivity contribution in [1.82, 2.24) is 24.6 Å². The predicted octanol–water partition coefficient (Wildman–Crippen LogP) is 3.85. The molecule has 0 unspecified atom stereocenters. The molecule has 0 radical (unpaired) electrons. The Hall–Kier alpha value is -3.16. The molecular weight excluding hydrogens is 376 g/mol. The second kappa shape index (κ2) is 7.93. The summed E-state index contributed by atoms with van der Waals surface area (Å²) in [6.45, 7) is 6.81. The quantitative estimate of drug-likeness (QED) is 0.531. The summed E-state index contributed by atoms with van der Waals surface area (Å²) in [5.74, 6) is 1.55. The number of hydrogen-bond donors (Lipinski definition) is 2. The van der Waals surface area contributed by atoms with E-state index in [1.165, 1.54) is 16.7 Å². The Balaban J connectivity index is 1.47. The van der Waals surface area contributed by atoms with Gasteiger partial charge in [0.25, 0.3) is 0 Å². The van der Waals surface area contributed by atoms with Crippen LogP contribution in [-0.2, 0) is 18.3 Å². The molecule has 5 rings (SSSR count). The van der Waals surface area contributed by atoms with Gasteiger partial charge in [-0.1, -0.05) is 18.2 Å². The van der Waals surface area contributed by atoms with E-state index in [1.54, 1.807) is 4.68 Å². The fourth-order valence-electron chi connectivity index (χ4n) is 3.99. The van der Waals surface area contributed by atoms with Crippen molar-refractivity contribution in [3.8, 4) is 11.1 Å². The van der Waals surface area contributed by atoms with Crippen LogP contribution in [0.1, 0.15) is 11.1 Å². The van der Waals surface area contributed by atoms with E-state index in [2.05, 4.69) is 57.6 Å². The van der Waals surface area contributed by atoms with Crippen LogP contribution in [0.2, 0.25) is 0 Å². The Morgan fingerprint density at radius 3 is 2.73 bits per heavy atom. The molecule has 7 nitrogen and oxygen atoms in total. The van der Waals surface area contributed by atoms with Gasteiger partial charge in [0.2, 0.25) is 0 Å². The van der Waals surface area contributed by atoms with Crippen LogP contribution in [0.15, 0.2) is 48.8 Å². The maximum atomic E-state index is 5.47. The van der Waals surface area contributed by atoms with Gasteiger partial charge in [0, 0.05) is 50.5 Å². The third kappa shape index (κ3) is 3.81. The van der Waals surface area contributed by atoms with Crippen molar-refractivity contribution >= 4 is 22.7 Å². The molecule has 0 spiro atoms. The van der Waals surface area contributed by atoms with Crippen LogP contribution >= 0.6 is 0 Å². The monoisotopic (exact) mass is 402 g/mol. The highest BCUT2D eigenvalue weighted by atomic mass is 16.5. The Kier molecular flexibility index (Phi) is 4.98. The van der Waals surface area contributed by atoms with Gasteiger partial charge in [-0.3, -0.25) is 9.58 Å². The summed E-state index contributed by atoms with van der Waals surface area (Å²) in [4.78, 5) is 10.4. The second-order valence-corrected chi connectivity index (χ2v) is 7.82. The van der Waals surface area contributed by atoms with E-state index in [0.29, 0.717) is 0 Å². The number of H-pyrrole nitrogens is 1. The van der Waals surface area contributed by atoms with E-state index in [1.807, 2.05) is 25.5 Å². The average molecular weight is 403 g/mol. The minimum Gasteiger partial charge on any atom is -0.379 e. The molecule has 4 heterocycles. The number of anilines is 2. The number of morpholine rings is 1. The van der Waals surface area contributed by atoms with Gasteiger partial charge in [-0.2, -0.15) is 5.10 Å². The van der Waals surface area contributed by atoms with Crippen LogP contribution in [-0.4, -0.2) is 51.0 Å². The van der Waals surface area contributed by atoms with Gasteiger partial charge in [-0.05, 0) is 41.3 Å². The number of nitrogens with zero attached hydrogens (tertiary/aromatic N) is 4. The van der Waals surface area contributed by atoms with Gasteiger partial charge in [-0.25, -0.2) is 4.98 Å². The number of rotatable bonds is 5. The maximum Gasteiger partial charge on any atom is 0.153 e. The molecule has 2 N–H and O–H groups in total. The molecule has 1 aliphatic rings. The van der Waals surface area contributed by atoms with Gasteiger partial charge in [-0.15, -0.1) is 0 Å². The van der Waals surface area contributed by atoms with Crippen LogP contribution in [0.4, 0.5) is 11.6 Å². The smallest absolute Gasteiger partial charge is 0.153 e. The zero-order valence-corrected chi connectivity index (χ0v) is 17.4. The van der Waals surface area contributed by atoms with Crippen LogP contribution in [0.25, 0.3) is 22.2 Å². The van der Waals surface area contributed by atoms with E-state index >= 15 is 0 Å². The maximum absolute atomic E-state index is 5.47. The van der Waals surface area contributed by atoms with Crippen molar-refractivity contribution in [2.24, 2.45) is 7.05 Å². The van der Waals surface area contributed by atoms with Crippen molar-refractivity contribution in [3.63, 3.8) is 0 Å². The number of aromatic amines is 1. The number of aryl methyl sites for hydroxylation is 2. The topological polar surface area (TPSA) is 71.0 Å². The van der Waals surface area contributed by atoms with Crippen molar-refractivity contribution < 1.29 is 4.74 Å². The summed E-state index contributed by atoms with van der Waals surface area (Å²) in [5.41, 5.74) is 5.88. The lowest BCUT2D eigenvalue weighted by Crippen LogP contribution is -2.35. The van der Waals surface area contributed by atoms with Gasteiger partial charge < -0.3 is 15.0 Å². The summed E-state index contributed by atoms with van der Waals surface area (Å²) >= 11 is 0. The van der Waals surface area contributed by atoms with E-state index in [-0.39, 0.29) is 0 Å². The third-order valence-corrected chi connectivity index (χ3v) is 5.65. The van der Waals surface area contributed by atoms with Crippen LogP contribution in [0.3, 0.4) is 0 Å². The molecule has 4 aromatic rings. The summed E-state index contributed by atoms with van der Waals surface area (Å²) in [5, 5.41) is 8.83. The molecule has 0 amide bonds. The van der Waals surface area contributed by atoms with E-state index in [0.717, 1.165) is 61.1 Å². The first-order valence-corrected chi connectivity index (χ1v) is 10.3. The number of aromatic nitrogens is 4. The largest absolute Gasteiger partial charge is 0.379 e. The Labute approximate surface area is 175 Å². The molecule has 3 aromatic heterocycles. The van der Waals surface area contributed by atoms with Gasteiger partial charge >= 0.3 is 0 Å². The SMILES string of the molecule is Cc1cc(-c2cc(Nc3ccn(C)n3)nc3[nH]ccc23)ccc1CN1CCOCC1. The molecule has 154 valence electrons. The summed E-state index contributed by atoms with van der Waals surface area (Å²) in [7, 11) is 1.90. The van der Waals surface area contributed by atoms with Gasteiger partial charge in [0.05, 0.1) is 13.2 Å². The van der Waals surface area contributed by atoms with E-state index < -0.39 is 0 Å². The number of ether oxygens (including phenoxy) is 1. The lowest BCUT2D eigenvalue weighted by Gasteiger charge is -2.27. The Morgan fingerprint density at radius 1 is 1.10 bits per heavy atom. The third-order valence-electron chi connectivity index (χ3n) is 5.65. The normalized spacial score (nSPS) is 15.0. The lowest BCUT2D eigenvalue weighted by atomic mass is 9.98. The molecule has 0 saturated carbocycles. The van der Waals surface area contributed by atoms with E-state index in [9.17, 15) is 0 Å². The van der Waals surface area contributed by atoms with Crippen LogP contribution in [0.5, 0.6) is 0 Å². The standard InChI is InChI=1S/C23H26N6O/c1-16-13-17(3-4-18(16)15-29-9-11-30-12-10-29)20-14-22(25-21-6-8-28(2)27-21)26-23-19(20)5-7-24-23/h3-8,13-14H,9-12,15H2,1-2H3,(H2,24,25,26,27). The molecule has 0 aliphatic carbocycles. The highest BCUT2D eigenvalue weighted by Gasteiger charge is 2.14. The Bertz CT molecular complexity index is 1170. The zero-order valence-electron chi connectivity index (χ0n) is 17.4. The lowest BCUT2D eigenvalue weighted by molar-refractivity contribution is 0.0341. The van der Waals surface area contributed by atoms with Crippen molar-refractivity contribution in [2.45, 2.75) is 13.5 Å². The van der Waals surface area contributed by atoms with Crippen molar-refractivity contribution in [3.05, 3.63) is 59.9 Å². The minimum absolute atomic E-state index is 0.772. The number of pyridine rings is 1.